The lowest BCUT2D eigenvalue weighted by atomic mass is 9.73. The zero-order chi connectivity index (χ0) is 21.6. The van der Waals surface area contributed by atoms with Crippen molar-refractivity contribution in [1.29, 1.82) is 0 Å². The van der Waals surface area contributed by atoms with Gasteiger partial charge in [-0.1, -0.05) is 26.0 Å². The molecular weight excluding hydrogens is 362 g/mol. The van der Waals surface area contributed by atoms with Crippen molar-refractivity contribution >= 4 is 5.91 Å². The fourth-order valence-corrected chi connectivity index (χ4v) is 4.58. The second-order valence-electron chi connectivity index (χ2n) is 9.81. The number of hydrogen-bond acceptors (Lipinski definition) is 3. The van der Waals surface area contributed by atoms with Crippen LogP contribution in [0.25, 0.3) is 0 Å². The third-order valence-electron chi connectivity index (χ3n) is 6.04. The van der Waals surface area contributed by atoms with E-state index in [0.717, 1.165) is 43.7 Å². The monoisotopic (exact) mass is 403 g/mol. The van der Waals surface area contributed by atoms with Gasteiger partial charge in [0.2, 0.25) is 5.91 Å². The molecule has 1 fully saturated rings. The SMILES string of the molecule is CC(=O)N(CC[C@H](C(C)C)[C@H]1CCOC(C)(C)C1)Cc1ccc(OC(C)C)cc1. The highest BCUT2D eigenvalue weighted by Gasteiger charge is 2.34. The predicted molar refractivity (Wildman–Crippen MR) is 119 cm³/mol. The summed E-state index contributed by atoms with van der Waals surface area (Å²) in [7, 11) is 0. The zero-order valence-electron chi connectivity index (χ0n) is 19.5. The third-order valence-corrected chi connectivity index (χ3v) is 6.04. The van der Waals surface area contributed by atoms with Crippen LogP contribution in [0.3, 0.4) is 0 Å². The molecule has 4 nitrogen and oxygen atoms in total. The van der Waals surface area contributed by atoms with E-state index in [1.807, 2.05) is 30.9 Å². The van der Waals surface area contributed by atoms with Crippen molar-refractivity contribution in [2.45, 2.75) is 86.0 Å². The minimum atomic E-state index is -0.0316. The van der Waals surface area contributed by atoms with Crippen molar-refractivity contribution in [2.75, 3.05) is 13.2 Å². The average Bonchev–Trinajstić information content (AvgIpc) is 2.60. The van der Waals surface area contributed by atoms with Crippen LogP contribution in [-0.2, 0) is 16.1 Å². The van der Waals surface area contributed by atoms with Crippen LogP contribution < -0.4 is 4.74 Å². The van der Waals surface area contributed by atoms with Gasteiger partial charge in [0.15, 0.2) is 0 Å². The van der Waals surface area contributed by atoms with E-state index in [0.29, 0.717) is 24.3 Å². The lowest BCUT2D eigenvalue weighted by molar-refractivity contribution is -0.130. The van der Waals surface area contributed by atoms with Crippen LogP contribution >= 0.6 is 0 Å². The van der Waals surface area contributed by atoms with E-state index < -0.39 is 0 Å². The Morgan fingerprint density at radius 1 is 1.21 bits per heavy atom. The molecule has 0 N–H and O–H groups in total. The molecule has 0 saturated carbocycles. The van der Waals surface area contributed by atoms with Crippen LogP contribution in [0.5, 0.6) is 5.75 Å². The first-order chi connectivity index (χ1) is 13.6. The molecule has 1 aromatic carbocycles. The van der Waals surface area contributed by atoms with Crippen molar-refractivity contribution in [3.05, 3.63) is 29.8 Å². The maximum atomic E-state index is 12.3. The van der Waals surface area contributed by atoms with Crippen molar-refractivity contribution in [2.24, 2.45) is 17.8 Å². The molecule has 0 radical (unpaired) electrons. The number of carbonyl (C=O) groups excluding carboxylic acids is 1. The van der Waals surface area contributed by atoms with Gasteiger partial charge in [0, 0.05) is 26.6 Å². The Bertz CT molecular complexity index is 636. The molecule has 1 heterocycles. The van der Waals surface area contributed by atoms with E-state index in [-0.39, 0.29) is 17.6 Å². The van der Waals surface area contributed by atoms with Gasteiger partial charge in [-0.2, -0.15) is 0 Å². The van der Waals surface area contributed by atoms with Gasteiger partial charge in [0.05, 0.1) is 11.7 Å². The average molecular weight is 404 g/mol. The molecule has 164 valence electrons. The first-order valence-corrected chi connectivity index (χ1v) is 11.2. The van der Waals surface area contributed by atoms with Crippen molar-refractivity contribution < 1.29 is 14.3 Å². The van der Waals surface area contributed by atoms with E-state index in [2.05, 4.69) is 39.8 Å². The van der Waals surface area contributed by atoms with Crippen molar-refractivity contribution in [3.8, 4) is 5.75 Å². The molecule has 2 rings (SSSR count). The molecule has 0 aromatic heterocycles. The highest BCUT2D eigenvalue weighted by molar-refractivity contribution is 5.73. The Hall–Kier alpha value is -1.55. The summed E-state index contributed by atoms with van der Waals surface area (Å²) < 4.78 is 11.6. The van der Waals surface area contributed by atoms with E-state index in [9.17, 15) is 4.79 Å². The smallest absolute Gasteiger partial charge is 0.219 e. The predicted octanol–water partition coefficient (Wildman–Crippen LogP) is 5.69. The molecule has 1 amide bonds. The molecule has 4 heteroatoms. The maximum Gasteiger partial charge on any atom is 0.219 e. The summed E-state index contributed by atoms with van der Waals surface area (Å²) in [4.78, 5) is 14.3. The molecule has 0 aliphatic carbocycles. The van der Waals surface area contributed by atoms with E-state index in [1.165, 1.54) is 0 Å². The van der Waals surface area contributed by atoms with Crippen molar-refractivity contribution in [1.82, 2.24) is 4.90 Å². The molecular formula is C25H41NO3. The number of carbonyl (C=O) groups is 1. The Morgan fingerprint density at radius 3 is 2.38 bits per heavy atom. The fourth-order valence-electron chi connectivity index (χ4n) is 4.58. The highest BCUT2D eigenvalue weighted by atomic mass is 16.5. The molecule has 29 heavy (non-hydrogen) atoms. The van der Waals surface area contributed by atoms with Gasteiger partial charge in [-0.15, -0.1) is 0 Å². The molecule has 0 bridgehead atoms. The van der Waals surface area contributed by atoms with Crippen LogP contribution in [-0.4, -0.2) is 35.7 Å². The molecule has 0 spiro atoms. The Labute approximate surface area is 178 Å². The summed E-state index contributed by atoms with van der Waals surface area (Å²) in [6.07, 6.45) is 3.45. The Morgan fingerprint density at radius 2 is 1.86 bits per heavy atom. The first-order valence-electron chi connectivity index (χ1n) is 11.2. The summed E-state index contributed by atoms with van der Waals surface area (Å²) in [6.45, 7) is 17.1. The molecule has 2 atom stereocenters. The topological polar surface area (TPSA) is 38.8 Å². The Balaban J connectivity index is 1.98. The van der Waals surface area contributed by atoms with Crippen LogP contribution in [0.2, 0.25) is 0 Å². The minimum Gasteiger partial charge on any atom is -0.491 e. The number of amides is 1. The summed E-state index contributed by atoms with van der Waals surface area (Å²) in [5, 5.41) is 0. The number of hydrogen-bond donors (Lipinski definition) is 0. The van der Waals surface area contributed by atoms with Crippen LogP contribution in [0.1, 0.15) is 73.3 Å². The van der Waals surface area contributed by atoms with E-state index in [1.54, 1.807) is 6.92 Å². The lowest BCUT2D eigenvalue weighted by Gasteiger charge is -2.41. The largest absolute Gasteiger partial charge is 0.491 e. The number of nitrogens with zero attached hydrogens (tertiary/aromatic N) is 1. The van der Waals surface area contributed by atoms with E-state index in [4.69, 9.17) is 9.47 Å². The Kier molecular flexibility index (Phi) is 8.57. The van der Waals surface area contributed by atoms with Gasteiger partial charge in [0.25, 0.3) is 0 Å². The van der Waals surface area contributed by atoms with Gasteiger partial charge in [-0.3, -0.25) is 4.79 Å². The van der Waals surface area contributed by atoms with Gasteiger partial charge in [-0.05, 0) is 82.4 Å². The molecule has 1 aromatic rings. The van der Waals surface area contributed by atoms with Crippen molar-refractivity contribution in [3.63, 3.8) is 0 Å². The standard InChI is InChI=1S/C25H41NO3/c1-18(2)24(22-13-15-28-25(6,7)16-22)12-14-26(20(5)27)17-21-8-10-23(11-9-21)29-19(3)4/h8-11,18-19,22,24H,12-17H2,1-7H3/t22-,24+/m0/s1. The van der Waals surface area contributed by atoms with Gasteiger partial charge in [-0.25, -0.2) is 0 Å². The summed E-state index contributed by atoms with van der Waals surface area (Å²) in [5.41, 5.74) is 1.11. The van der Waals surface area contributed by atoms with Gasteiger partial charge in [0.1, 0.15) is 5.75 Å². The maximum absolute atomic E-state index is 12.3. The molecule has 0 unspecified atom stereocenters. The second-order valence-corrected chi connectivity index (χ2v) is 9.81. The number of benzene rings is 1. The van der Waals surface area contributed by atoms with Crippen LogP contribution in [0.4, 0.5) is 0 Å². The lowest BCUT2D eigenvalue weighted by Crippen LogP contribution is -2.39. The zero-order valence-corrected chi connectivity index (χ0v) is 19.5. The number of rotatable bonds is 9. The third kappa shape index (κ3) is 7.65. The quantitative estimate of drug-likeness (QED) is 0.532. The summed E-state index contributed by atoms with van der Waals surface area (Å²) in [6, 6.07) is 8.12. The van der Waals surface area contributed by atoms with Gasteiger partial charge >= 0.3 is 0 Å². The molecule has 1 aliphatic rings. The minimum absolute atomic E-state index is 0.0316. The first kappa shape index (κ1) is 23.7. The van der Waals surface area contributed by atoms with Gasteiger partial charge < -0.3 is 14.4 Å². The normalized spacial score (nSPS) is 20.0. The van der Waals surface area contributed by atoms with Crippen LogP contribution in [0.15, 0.2) is 24.3 Å². The highest BCUT2D eigenvalue weighted by Crippen LogP contribution is 2.38. The second kappa shape index (κ2) is 10.5. The molecule has 1 saturated heterocycles. The van der Waals surface area contributed by atoms with E-state index >= 15 is 0 Å². The molecule has 1 aliphatic heterocycles. The summed E-state index contributed by atoms with van der Waals surface area (Å²) >= 11 is 0. The fraction of sp³-hybridized carbons (Fsp3) is 0.720. The summed E-state index contributed by atoms with van der Waals surface area (Å²) in [5.74, 6) is 2.90. The number of ether oxygens (including phenoxy) is 2. The van der Waals surface area contributed by atoms with Crippen LogP contribution in [0, 0.1) is 17.8 Å².